The Morgan fingerprint density at radius 3 is 2.76 bits per heavy atom. The van der Waals surface area contributed by atoms with Crippen LogP contribution in [0.5, 0.6) is 0 Å². The first-order valence-corrected chi connectivity index (χ1v) is 8.41. The lowest BCUT2D eigenvalue weighted by atomic mass is 9.94. The molecule has 1 aliphatic carbocycles. The molecule has 0 aromatic heterocycles. The van der Waals surface area contributed by atoms with Gasteiger partial charge in [-0.1, -0.05) is 24.6 Å². The third kappa shape index (κ3) is 2.80. The lowest BCUT2D eigenvalue weighted by molar-refractivity contribution is -0.149. The summed E-state index contributed by atoms with van der Waals surface area (Å²) in [5.41, 5.74) is 0.976. The number of nitrogens with zero attached hydrogens (tertiary/aromatic N) is 1. The summed E-state index contributed by atoms with van der Waals surface area (Å²) in [7, 11) is 0. The maximum absolute atomic E-state index is 12.6. The largest absolute Gasteiger partial charge is 0.480 e. The van der Waals surface area contributed by atoms with Gasteiger partial charge in [-0.3, -0.25) is 4.79 Å². The number of likely N-dealkylation sites (tertiary alicyclic amines) is 1. The van der Waals surface area contributed by atoms with E-state index in [4.69, 9.17) is 0 Å². The standard InChI is InChI=1S/C16H18INO3/c17-13-7-2-1-4-10(13)8-14(19)18-9-11-5-3-6-12(11)15(18)16(20)21/h1-2,4,7,11-12,15H,3,5-6,8-9H2,(H,20,21). The molecule has 1 aromatic rings. The van der Waals surface area contributed by atoms with Gasteiger partial charge in [-0.15, -0.1) is 0 Å². The summed E-state index contributed by atoms with van der Waals surface area (Å²) < 4.78 is 1.05. The highest BCUT2D eigenvalue weighted by Gasteiger charge is 2.49. The maximum Gasteiger partial charge on any atom is 0.326 e. The molecule has 1 heterocycles. The summed E-state index contributed by atoms with van der Waals surface area (Å²) in [4.78, 5) is 25.8. The minimum atomic E-state index is -0.847. The molecule has 0 radical (unpaired) electrons. The normalized spacial score (nSPS) is 27.7. The zero-order valence-corrected chi connectivity index (χ0v) is 13.8. The maximum atomic E-state index is 12.6. The number of hydrogen-bond acceptors (Lipinski definition) is 2. The fourth-order valence-corrected chi connectivity index (χ4v) is 4.36. The van der Waals surface area contributed by atoms with Gasteiger partial charge in [0.15, 0.2) is 0 Å². The predicted molar refractivity (Wildman–Crippen MR) is 86.8 cm³/mol. The van der Waals surface area contributed by atoms with E-state index in [1.54, 1.807) is 4.90 Å². The van der Waals surface area contributed by atoms with Crippen molar-refractivity contribution >= 4 is 34.5 Å². The molecule has 3 unspecified atom stereocenters. The average molecular weight is 399 g/mol. The Hall–Kier alpha value is -1.11. The number of aliphatic carboxylic acids is 1. The van der Waals surface area contributed by atoms with Crippen molar-refractivity contribution in [3.8, 4) is 0 Å². The van der Waals surface area contributed by atoms with E-state index in [9.17, 15) is 14.7 Å². The van der Waals surface area contributed by atoms with E-state index in [1.807, 2.05) is 24.3 Å². The highest BCUT2D eigenvalue weighted by atomic mass is 127. The van der Waals surface area contributed by atoms with Crippen LogP contribution in [0.15, 0.2) is 24.3 Å². The van der Waals surface area contributed by atoms with Gasteiger partial charge in [-0.25, -0.2) is 4.79 Å². The molecular weight excluding hydrogens is 381 g/mol. The fourth-order valence-electron chi connectivity index (χ4n) is 3.78. The van der Waals surface area contributed by atoms with Crippen LogP contribution in [0.1, 0.15) is 24.8 Å². The molecule has 1 aliphatic heterocycles. The first-order valence-electron chi connectivity index (χ1n) is 7.33. The SMILES string of the molecule is O=C(O)C1C2CCCC2CN1C(=O)Cc1ccccc1I. The molecule has 2 aliphatic rings. The summed E-state index contributed by atoms with van der Waals surface area (Å²) in [6.45, 7) is 0.615. The van der Waals surface area contributed by atoms with Crippen LogP contribution in [0.3, 0.4) is 0 Å². The van der Waals surface area contributed by atoms with Crippen molar-refractivity contribution in [1.29, 1.82) is 0 Å². The van der Waals surface area contributed by atoms with Gasteiger partial charge in [-0.05, 0) is 58.9 Å². The summed E-state index contributed by atoms with van der Waals surface area (Å²) in [6, 6.07) is 7.14. The molecule has 0 bridgehead atoms. The quantitative estimate of drug-likeness (QED) is 0.795. The van der Waals surface area contributed by atoms with Gasteiger partial charge < -0.3 is 10.0 Å². The van der Waals surface area contributed by atoms with Crippen LogP contribution in [0.4, 0.5) is 0 Å². The van der Waals surface area contributed by atoms with Crippen molar-refractivity contribution in [2.24, 2.45) is 11.8 Å². The molecule has 1 saturated carbocycles. The Morgan fingerprint density at radius 2 is 2.05 bits per heavy atom. The molecule has 1 amide bonds. The van der Waals surface area contributed by atoms with E-state index in [0.29, 0.717) is 18.9 Å². The van der Waals surface area contributed by atoms with Gasteiger partial charge in [0.05, 0.1) is 6.42 Å². The highest BCUT2D eigenvalue weighted by molar-refractivity contribution is 14.1. The van der Waals surface area contributed by atoms with Crippen molar-refractivity contribution in [3.05, 3.63) is 33.4 Å². The molecule has 3 atom stereocenters. The number of benzene rings is 1. The van der Waals surface area contributed by atoms with Gasteiger partial charge in [0.1, 0.15) is 6.04 Å². The summed E-state index contributed by atoms with van der Waals surface area (Å²) in [5.74, 6) is -0.368. The summed E-state index contributed by atoms with van der Waals surface area (Å²) >= 11 is 2.22. The Kier molecular flexibility index (Phi) is 4.19. The van der Waals surface area contributed by atoms with Crippen molar-refractivity contribution in [1.82, 2.24) is 4.90 Å². The third-order valence-corrected chi connectivity index (χ3v) is 5.82. The molecule has 1 saturated heterocycles. The number of fused-ring (bicyclic) bond motifs is 1. The number of carboxylic acid groups (broad SMARTS) is 1. The number of carbonyl (C=O) groups is 2. The number of carbonyl (C=O) groups excluding carboxylic acids is 1. The Bertz CT molecular complexity index is 574. The predicted octanol–water partition coefficient (Wildman–Crippen LogP) is 2.55. The van der Waals surface area contributed by atoms with E-state index in [-0.39, 0.29) is 11.8 Å². The van der Waals surface area contributed by atoms with Gasteiger partial charge in [0.25, 0.3) is 0 Å². The number of carboxylic acids is 1. The van der Waals surface area contributed by atoms with Crippen LogP contribution in [-0.4, -0.2) is 34.5 Å². The van der Waals surface area contributed by atoms with Crippen LogP contribution in [-0.2, 0) is 16.0 Å². The van der Waals surface area contributed by atoms with Crippen LogP contribution in [0, 0.1) is 15.4 Å². The van der Waals surface area contributed by atoms with Gasteiger partial charge in [-0.2, -0.15) is 0 Å². The van der Waals surface area contributed by atoms with Crippen LogP contribution in [0.25, 0.3) is 0 Å². The van der Waals surface area contributed by atoms with Crippen molar-refractivity contribution in [2.75, 3.05) is 6.54 Å². The Labute approximate surface area is 137 Å². The van der Waals surface area contributed by atoms with Gasteiger partial charge in [0, 0.05) is 10.1 Å². The van der Waals surface area contributed by atoms with E-state index in [0.717, 1.165) is 28.4 Å². The number of hydrogen-bond donors (Lipinski definition) is 1. The molecule has 1 N–H and O–H groups in total. The smallest absolute Gasteiger partial charge is 0.326 e. The summed E-state index contributed by atoms with van der Waals surface area (Å²) in [6.07, 6.45) is 3.38. The molecule has 0 spiro atoms. The van der Waals surface area contributed by atoms with E-state index in [1.165, 1.54) is 0 Å². The van der Waals surface area contributed by atoms with E-state index < -0.39 is 12.0 Å². The fraction of sp³-hybridized carbons (Fsp3) is 0.500. The molecule has 3 rings (SSSR count). The number of rotatable bonds is 3. The molecule has 5 heteroatoms. The monoisotopic (exact) mass is 399 g/mol. The van der Waals surface area contributed by atoms with Crippen molar-refractivity contribution < 1.29 is 14.7 Å². The van der Waals surface area contributed by atoms with Gasteiger partial charge in [0.2, 0.25) is 5.91 Å². The second-order valence-corrected chi connectivity index (χ2v) is 7.11. The van der Waals surface area contributed by atoms with Gasteiger partial charge >= 0.3 is 5.97 Å². The minimum Gasteiger partial charge on any atom is -0.480 e. The van der Waals surface area contributed by atoms with Crippen molar-refractivity contribution in [2.45, 2.75) is 31.7 Å². The Balaban J connectivity index is 1.78. The topological polar surface area (TPSA) is 57.6 Å². The zero-order valence-electron chi connectivity index (χ0n) is 11.7. The molecular formula is C16H18INO3. The van der Waals surface area contributed by atoms with E-state index in [2.05, 4.69) is 22.6 Å². The average Bonchev–Trinajstić information content (AvgIpc) is 3.00. The molecule has 112 valence electrons. The second kappa shape index (κ2) is 5.94. The number of halogens is 1. The van der Waals surface area contributed by atoms with Crippen LogP contribution >= 0.6 is 22.6 Å². The van der Waals surface area contributed by atoms with Crippen LogP contribution in [0.2, 0.25) is 0 Å². The van der Waals surface area contributed by atoms with Crippen LogP contribution < -0.4 is 0 Å². The molecule has 2 fully saturated rings. The minimum absolute atomic E-state index is 0.0547. The lowest BCUT2D eigenvalue weighted by Crippen LogP contribution is -2.44. The Morgan fingerprint density at radius 1 is 1.29 bits per heavy atom. The molecule has 21 heavy (non-hydrogen) atoms. The lowest BCUT2D eigenvalue weighted by Gasteiger charge is -2.24. The molecule has 4 nitrogen and oxygen atoms in total. The summed E-state index contributed by atoms with van der Waals surface area (Å²) in [5, 5.41) is 9.50. The van der Waals surface area contributed by atoms with E-state index >= 15 is 0 Å². The zero-order chi connectivity index (χ0) is 15.0. The number of amides is 1. The first-order chi connectivity index (χ1) is 10.1. The third-order valence-electron chi connectivity index (χ3n) is 4.76. The molecule has 1 aromatic carbocycles. The first kappa shape index (κ1) is 14.8. The highest BCUT2D eigenvalue weighted by Crippen LogP contribution is 2.42. The van der Waals surface area contributed by atoms with Crippen molar-refractivity contribution in [3.63, 3.8) is 0 Å². The second-order valence-electron chi connectivity index (χ2n) is 5.95.